The molecule has 0 fully saturated rings. The number of benzene rings is 7. The minimum atomic E-state index is 0.943. The van der Waals surface area contributed by atoms with Crippen LogP contribution in [0.15, 0.2) is 158 Å². The van der Waals surface area contributed by atoms with E-state index in [2.05, 4.69) is 172 Å². The molecule has 0 nitrogen and oxygen atoms in total. The predicted octanol–water partition coefficient (Wildman–Crippen LogP) is 12.2. The van der Waals surface area contributed by atoms with Crippen LogP contribution in [0.25, 0.3) is 66.8 Å². The summed E-state index contributed by atoms with van der Waals surface area (Å²) in [4.78, 5) is 0. The van der Waals surface area contributed by atoms with Crippen LogP contribution in [0.3, 0.4) is 0 Å². The minimum Gasteiger partial charge on any atom is -0.0622 e. The molecular formula is C45H34. The third-order valence-electron chi connectivity index (χ3n) is 9.53. The Hall–Kier alpha value is -5.46. The summed E-state index contributed by atoms with van der Waals surface area (Å²) in [5.41, 5.74) is 20.9. The zero-order valence-corrected chi connectivity index (χ0v) is 25.7. The molecule has 0 N–H and O–H groups in total. The van der Waals surface area contributed by atoms with E-state index in [0.29, 0.717) is 0 Å². The van der Waals surface area contributed by atoms with Gasteiger partial charge < -0.3 is 0 Å². The van der Waals surface area contributed by atoms with E-state index in [1.54, 1.807) is 0 Å². The van der Waals surface area contributed by atoms with Crippen molar-refractivity contribution in [2.45, 2.75) is 20.3 Å². The van der Waals surface area contributed by atoms with Gasteiger partial charge in [-0.05, 0) is 109 Å². The molecule has 45 heavy (non-hydrogen) atoms. The first-order chi connectivity index (χ1) is 22.2. The van der Waals surface area contributed by atoms with E-state index < -0.39 is 0 Å². The molecule has 0 spiro atoms. The van der Waals surface area contributed by atoms with E-state index in [9.17, 15) is 0 Å². The average Bonchev–Trinajstić information content (AvgIpc) is 3.47. The molecule has 0 heterocycles. The van der Waals surface area contributed by atoms with Gasteiger partial charge in [0, 0.05) is 0 Å². The minimum absolute atomic E-state index is 0.943. The normalized spacial score (nSPS) is 11.7. The van der Waals surface area contributed by atoms with Crippen molar-refractivity contribution < 1.29 is 0 Å². The second-order valence-electron chi connectivity index (χ2n) is 12.1. The lowest BCUT2D eigenvalue weighted by Gasteiger charge is -2.25. The van der Waals surface area contributed by atoms with Crippen molar-refractivity contribution in [2.75, 3.05) is 0 Å². The van der Waals surface area contributed by atoms with Crippen LogP contribution < -0.4 is 0 Å². The van der Waals surface area contributed by atoms with Crippen LogP contribution in [0.2, 0.25) is 0 Å². The van der Waals surface area contributed by atoms with Crippen LogP contribution in [-0.4, -0.2) is 0 Å². The lowest BCUT2D eigenvalue weighted by atomic mass is 9.78. The molecule has 0 radical (unpaired) electrons. The van der Waals surface area contributed by atoms with Crippen LogP contribution >= 0.6 is 0 Å². The summed E-state index contributed by atoms with van der Waals surface area (Å²) >= 11 is 0. The lowest BCUT2D eigenvalue weighted by molar-refractivity contribution is 1.23. The fourth-order valence-corrected chi connectivity index (χ4v) is 7.20. The summed E-state index contributed by atoms with van der Waals surface area (Å²) < 4.78 is 0. The summed E-state index contributed by atoms with van der Waals surface area (Å²) in [6.45, 7) is 4.60. The van der Waals surface area contributed by atoms with E-state index in [1.807, 2.05) is 0 Å². The van der Waals surface area contributed by atoms with Crippen molar-refractivity contribution in [2.24, 2.45) is 0 Å². The zero-order valence-electron chi connectivity index (χ0n) is 25.7. The van der Waals surface area contributed by atoms with Gasteiger partial charge in [-0.15, -0.1) is 0 Å². The molecule has 0 amide bonds. The van der Waals surface area contributed by atoms with Gasteiger partial charge in [-0.25, -0.2) is 0 Å². The highest BCUT2D eigenvalue weighted by Gasteiger charge is 2.28. The Morgan fingerprint density at radius 2 is 0.844 bits per heavy atom. The summed E-state index contributed by atoms with van der Waals surface area (Å²) in [6, 6.07) is 57.7. The van der Waals surface area contributed by atoms with Gasteiger partial charge in [-0.2, -0.15) is 0 Å². The van der Waals surface area contributed by atoms with E-state index in [-0.39, 0.29) is 0 Å². The predicted molar refractivity (Wildman–Crippen MR) is 191 cm³/mol. The molecule has 1 aliphatic carbocycles. The van der Waals surface area contributed by atoms with Gasteiger partial charge in [0.05, 0.1) is 0 Å². The largest absolute Gasteiger partial charge is 0.0622 e. The maximum atomic E-state index is 2.41. The summed E-state index contributed by atoms with van der Waals surface area (Å²) in [6.07, 6.45) is 0.943. The summed E-state index contributed by atoms with van der Waals surface area (Å²) in [5, 5.41) is 0. The first-order valence-electron chi connectivity index (χ1n) is 15.8. The molecule has 8 rings (SSSR count). The van der Waals surface area contributed by atoms with Gasteiger partial charge in [-0.1, -0.05) is 158 Å². The smallest absolute Gasteiger partial charge is 0.000717 e. The second-order valence-corrected chi connectivity index (χ2v) is 12.1. The van der Waals surface area contributed by atoms with Crippen molar-refractivity contribution in [3.63, 3.8) is 0 Å². The van der Waals surface area contributed by atoms with Crippen molar-refractivity contribution in [3.8, 4) is 66.8 Å². The highest BCUT2D eigenvalue weighted by Crippen LogP contribution is 2.51. The standard InChI is InChI=1S/C45H34/c1-30-28-41-38-21-13-12-20-37(38)29-42(41)43(31(30)2)45-40(35-24-22-33(23-25-35)32-14-6-3-7-15-32)27-26-39(34-16-8-4-9-17-34)44(45)36-18-10-5-11-19-36/h3-28H,29H2,1-2H3. The molecule has 0 heteroatoms. The van der Waals surface area contributed by atoms with Gasteiger partial charge in [0.1, 0.15) is 0 Å². The van der Waals surface area contributed by atoms with Gasteiger partial charge in [0.2, 0.25) is 0 Å². The monoisotopic (exact) mass is 574 g/mol. The Bertz CT molecular complexity index is 2150. The SMILES string of the molecule is Cc1cc2c(c(-c3c(-c4ccc(-c5ccccc5)cc4)ccc(-c4ccccc4)c3-c3ccccc3)c1C)Cc1ccccc1-2. The molecule has 0 saturated carbocycles. The number of fused-ring (bicyclic) bond motifs is 3. The molecule has 0 bridgehead atoms. The van der Waals surface area contributed by atoms with E-state index in [0.717, 1.165) is 6.42 Å². The van der Waals surface area contributed by atoms with Crippen LogP contribution in [0.5, 0.6) is 0 Å². The molecule has 1 aliphatic rings. The summed E-state index contributed by atoms with van der Waals surface area (Å²) in [7, 11) is 0. The van der Waals surface area contributed by atoms with Crippen molar-refractivity contribution in [1.29, 1.82) is 0 Å². The van der Waals surface area contributed by atoms with Crippen LogP contribution in [-0.2, 0) is 6.42 Å². The topological polar surface area (TPSA) is 0 Å². The number of aryl methyl sites for hydroxylation is 1. The molecule has 7 aromatic rings. The molecule has 214 valence electrons. The van der Waals surface area contributed by atoms with Crippen LogP contribution in [0.1, 0.15) is 22.3 Å². The third kappa shape index (κ3) is 4.71. The first-order valence-corrected chi connectivity index (χ1v) is 15.8. The quantitative estimate of drug-likeness (QED) is 0.192. The molecule has 0 aliphatic heterocycles. The van der Waals surface area contributed by atoms with Crippen molar-refractivity contribution in [1.82, 2.24) is 0 Å². The molecule has 0 saturated heterocycles. The molecule has 0 aromatic heterocycles. The van der Waals surface area contributed by atoms with Crippen molar-refractivity contribution in [3.05, 3.63) is 180 Å². The van der Waals surface area contributed by atoms with E-state index >= 15 is 0 Å². The fraction of sp³-hybridized carbons (Fsp3) is 0.0667. The van der Waals surface area contributed by atoms with E-state index in [4.69, 9.17) is 0 Å². The number of hydrogen-bond donors (Lipinski definition) is 0. The lowest BCUT2D eigenvalue weighted by Crippen LogP contribution is -2.01. The Kier molecular flexibility index (Phi) is 6.77. The highest BCUT2D eigenvalue weighted by molar-refractivity contribution is 6.04. The zero-order chi connectivity index (χ0) is 30.3. The Labute approximate surface area is 266 Å². The van der Waals surface area contributed by atoms with Crippen molar-refractivity contribution >= 4 is 0 Å². The van der Waals surface area contributed by atoms with Gasteiger partial charge in [-0.3, -0.25) is 0 Å². The summed E-state index contributed by atoms with van der Waals surface area (Å²) in [5.74, 6) is 0. The van der Waals surface area contributed by atoms with E-state index in [1.165, 1.54) is 89.0 Å². The Morgan fingerprint density at radius 3 is 1.51 bits per heavy atom. The maximum absolute atomic E-state index is 2.41. The maximum Gasteiger partial charge on any atom is -0.000717 e. The molecule has 7 aromatic carbocycles. The highest BCUT2D eigenvalue weighted by atomic mass is 14.3. The first kappa shape index (κ1) is 27.1. The van der Waals surface area contributed by atoms with Crippen LogP contribution in [0.4, 0.5) is 0 Å². The van der Waals surface area contributed by atoms with Gasteiger partial charge >= 0.3 is 0 Å². The Balaban J connectivity index is 1.47. The third-order valence-corrected chi connectivity index (χ3v) is 9.53. The number of rotatable bonds is 5. The van der Waals surface area contributed by atoms with Gasteiger partial charge in [0.15, 0.2) is 0 Å². The molecular weight excluding hydrogens is 540 g/mol. The fourth-order valence-electron chi connectivity index (χ4n) is 7.20. The molecule has 0 unspecified atom stereocenters. The number of hydrogen-bond acceptors (Lipinski definition) is 0. The average molecular weight is 575 g/mol. The Morgan fingerprint density at radius 1 is 0.356 bits per heavy atom. The molecule has 0 atom stereocenters. The van der Waals surface area contributed by atoms with Crippen LogP contribution in [0, 0.1) is 13.8 Å². The second kappa shape index (κ2) is 11.2. The van der Waals surface area contributed by atoms with Gasteiger partial charge in [0.25, 0.3) is 0 Å².